The number of hydrogen-bond donors (Lipinski definition) is 1. The zero-order valence-corrected chi connectivity index (χ0v) is 15.9. The van der Waals surface area contributed by atoms with Gasteiger partial charge in [-0.05, 0) is 50.6 Å². The van der Waals surface area contributed by atoms with Crippen LogP contribution < -0.4 is 10.1 Å². The van der Waals surface area contributed by atoms with Gasteiger partial charge < -0.3 is 10.1 Å². The van der Waals surface area contributed by atoms with E-state index in [1.807, 2.05) is 7.05 Å². The molecular weight excluding hydrogens is 392 g/mol. The Labute approximate surface area is 147 Å². The standard InChI is InChI=1S/C14H21BrN2O3S.ClH/c1-16-9-11-4-3-7-17(10-11)21(18,19)14-8-12(15)5-6-13(14)20-2;/h5-6,8,11,16H,3-4,7,9-10H2,1-2H3;1H. The van der Waals surface area contributed by atoms with Crippen molar-refractivity contribution in [3.05, 3.63) is 22.7 Å². The van der Waals surface area contributed by atoms with Crippen molar-refractivity contribution in [3.63, 3.8) is 0 Å². The summed E-state index contributed by atoms with van der Waals surface area (Å²) in [5.41, 5.74) is 0. The van der Waals surface area contributed by atoms with Crippen LogP contribution in [-0.2, 0) is 10.0 Å². The van der Waals surface area contributed by atoms with E-state index >= 15 is 0 Å². The minimum atomic E-state index is -3.53. The van der Waals surface area contributed by atoms with Crippen molar-refractivity contribution in [2.45, 2.75) is 17.7 Å². The quantitative estimate of drug-likeness (QED) is 0.806. The van der Waals surface area contributed by atoms with E-state index in [2.05, 4.69) is 21.2 Å². The first kappa shape index (κ1) is 19.7. The normalized spacial score (nSPS) is 19.5. The summed E-state index contributed by atoms with van der Waals surface area (Å²) in [4.78, 5) is 0.226. The third kappa shape index (κ3) is 4.35. The van der Waals surface area contributed by atoms with Crippen LogP contribution in [0.2, 0.25) is 0 Å². The number of piperidine rings is 1. The van der Waals surface area contributed by atoms with Gasteiger partial charge in [0.25, 0.3) is 0 Å². The minimum absolute atomic E-state index is 0. The maximum atomic E-state index is 12.9. The Morgan fingerprint density at radius 3 is 2.82 bits per heavy atom. The maximum Gasteiger partial charge on any atom is 0.246 e. The molecule has 0 amide bonds. The lowest BCUT2D eigenvalue weighted by atomic mass is 10.00. The zero-order chi connectivity index (χ0) is 15.5. The van der Waals surface area contributed by atoms with Crippen molar-refractivity contribution < 1.29 is 13.2 Å². The van der Waals surface area contributed by atoms with Gasteiger partial charge in [0.15, 0.2) is 0 Å². The van der Waals surface area contributed by atoms with Gasteiger partial charge in [-0.2, -0.15) is 4.31 Å². The monoisotopic (exact) mass is 412 g/mol. The number of benzene rings is 1. The minimum Gasteiger partial charge on any atom is -0.495 e. The molecule has 0 spiro atoms. The third-order valence-electron chi connectivity index (χ3n) is 3.72. The first-order valence-corrected chi connectivity index (χ1v) is 9.20. The highest BCUT2D eigenvalue weighted by Gasteiger charge is 2.32. The Kier molecular flexibility index (Phi) is 7.61. The second-order valence-corrected chi connectivity index (χ2v) is 8.05. The lowest BCUT2D eigenvalue weighted by Gasteiger charge is -2.32. The van der Waals surface area contributed by atoms with Crippen LogP contribution >= 0.6 is 28.3 Å². The third-order valence-corrected chi connectivity index (χ3v) is 6.10. The van der Waals surface area contributed by atoms with Crippen molar-refractivity contribution in [2.75, 3.05) is 33.8 Å². The Morgan fingerprint density at radius 2 is 2.18 bits per heavy atom. The summed E-state index contributed by atoms with van der Waals surface area (Å²) in [5, 5.41) is 3.13. The number of halogens is 2. The summed E-state index contributed by atoms with van der Waals surface area (Å²) in [5.74, 6) is 0.741. The van der Waals surface area contributed by atoms with Gasteiger partial charge in [0.1, 0.15) is 10.6 Å². The van der Waals surface area contributed by atoms with Crippen LogP contribution in [0, 0.1) is 5.92 Å². The largest absolute Gasteiger partial charge is 0.495 e. The summed E-state index contributed by atoms with van der Waals surface area (Å²) in [6.07, 6.45) is 1.95. The van der Waals surface area contributed by atoms with Crippen molar-refractivity contribution in [1.82, 2.24) is 9.62 Å². The van der Waals surface area contributed by atoms with Crippen molar-refractivity contribution in [1.29, 1.82) is 0 Å². The number of methoxy groups -OCH3 is 1. The Hall–Kier alpha value is -0.340. The molecule has 126 valence electrons. The molecule has 0 aliphatic carbocycles. The molecule has 5 nitrogen and oxygen atoms in total. The summed E-state index contributed by atoms with van der Waals surface area (Å²) >= 11 is 3.33. The highest BCUT2D eigenvalue weighted by atomic mass is 79.9. The van der Waals surface area contributed by atoms with Crippen molar-refractivity contribution in [3.8, 4) is 5.75 Å². The highest BCUT2D eigenvalue weighted by molar-refractivity contribution is 9.10. The van der Waals surface area contributed by atoms with Crippen molar-refractivity contribution in [2.24, 2.45) is 5.92 Å². The second-order valence-electron chi connectivity index (χ2n) is 5.22. The molecule has 1 aliphatic heterocycles. The van der Waals surface area contributed by atoms with E-state index in [9.17, 15) is 8.42 Å². The van der Waals surface area contributed by atoms with Crippen LogP contribution in [-0.4, -0.2) is 46.5 Å². The van der Waals surface area contributed by atoms with Gasteiger partial charge in [-0.1, -0.05) is 15.9 Å². The Balaban J connectivity index is 0.00000242. The second kappa shape index (κ2) is 8.49. The number of ether oxygens (including phenoxy) is 1. The van der Waals surface area contributed by atoms with E-state index in [0.29, 0.717) is 24.8 Å². The van der Waals surface area contributed by atoms with Crippen LogP contribution in [0.4, 0.5) is 0 Å². The number of hydrogen-bond acceptors (Lipinski definition) is 4. The van der Waals surface area contributed by atoms with Gasteiger partial charge in [0, 0.05) is 17.6 Å². The van der Waals surface area contributed by atoms with E-state index in [4.69, 9.17) is 4.74 Å². The van der Waals surface area contributed by atoms with Crippen LogP contribution in [0.25, 0.3) is 0 Å². The number of sulfonamides is 1. The summed E-state index contributed by atoms with van der Waals surface area (Å²) in [6.45, 7) is 1.96. The average molecular weight is 414 g/mol. The topological polar surface area (TPSA) is 58.6 Å². The molecule has 1 fully saturated rings. The van der Waals surface area contributed by atoms with Gasteiger partial charge in [0.05, 0.1) is 7.11 Å². The molecule has 1 aliphatic rings. The molecule has 2 rings (SSSR count). The van der Waals surface area contributed by atoms with E-state index < -0.39 is 10.0 Å². The van der Waals surface area contributed by atoms with Gasteiger partial charge >= 0.3 is 0 Å². The van der Waals surface area contributed by atoms with E-state index in [1.54, 1.807) is 22.5 Å². The van der Waals surface area contributed by atoms with E-state index in [0.717, 1.165) is 23.9 Å². The lowest BCUT2D eigenvalue weighted by molar-refractivity contribution is 0.262. The zero-order valence-electron chi connectivity index (χ0n) is 12.7. The van der Waals surface area contributed by atoms with Gasteiger partial charge in [-0.3, -0.25) is 0 Å². The molecule has 0 radical (unpaired) electrons. The first-order chi connectivity index (χ1) is 9.98. The first-order valence-electron chi connectivity index (χ1n) is 6.97. The molecule has 1 aromatic carbocycles. The van der Waals surface area contributed by atoms with Crippen molar-refractivity contribution >= 4 is 38.4 Å². The predicted octanol–water partition coefficient (Wildman–Crippen LogP) is 2.50. The molecule has 8 heteroatoms. The lowest BCUT2D eigenvalue weighted by Crippen LogP contribution is -2.42. The van der Waals surface area contributed by atoms with Gasteiger partial charge in [-0.15, -0.1) is 12.4 Å². The summed E-state index contributed by atoms with van der Waals surface area (Å²) in [7, 11) is -0.146. The van der Waals surface area contributed by atoms with Crippen LogP contribution in [0.15, 0.2) is 27.6 Å². The fourth-order valence-corrected chi connectivity index (χ4v) is 4.94. The fourth-order valence-electron chi connectivity index (χ4n) is 2.69. The Bertz CT molecular complexity index is 596. The molecule has 1 heterocycles. The molecule has 1 atom stereocenters. The number of rotatable bonds is 5. The molecule has 0 bridgehead atoms. The highest BCUT2D eigenvalue weighted by Crippen LogP contribution is 2.31. The molecule has 1 aromatic rings. The smallest absolute Gasteiger partial charge is 0.246 e. The molecule has 22 heavy (non-hydrogen) atoms. The molecule has 0 saturated carbocycles. The number of nitrogens with zero attached hydrogens (tertiary/aromatic N) is 1. The molecule has 0 aromatic heterocycles. The molecular formula is C14H22BrClN2O3S. The molecule has 1 saturated heterocycles. The Morgan fingerprint density at radius 1 is 1.45 bits per heavy atom. The average Bonchev–Trinajstić information content (AvgIpc) is 2.48. The van der Waals surface area contributed by atoms with Crippen LogP contribution in [0.1, 0.15) is 12.8 Å². The van der Waals surface area contributed by atoms with Gasteiger partial charge in [-0.25, -0.2) is 8.42 Å². The predicted molar refractivity (Wildman–Crippen MR) is 93.4 cm³/mol. The van der Waals surface area contributed by atoms with Crippen LogP contribution in [0.5, 0.6) is 5.75 Å². The summed E-state index contributed by atoms with van der Waals surface area (Å²) < 4.78 is 33.3. The molecule has 1 unspecified atom stereocenters. The fraction of sp³-hybridized carbons (Fsp3) is 0.571. The van der Waals surface area contributed by atoms with Crippen LogP contribution in [0.3, 0.4) is 0 Å². The maximum absolute atomic E-state index is 12.9. The van der Waals surface area contributed by atoms with E-state index in [1.165, 1.54) is 7.11 Å². The summed E-state index contributed by atoms with van der Waals surface area (Å²) in [6, 6.07) is 5.06. The van der Waals surface area contributed by atoms with Gasteiger partial charge in [0.2, 0.25) is 10.0 Å². The molecule has 1 N–H and O–H groups in total. The SMILES string of the molecule is CNCC1CCCN(S(=O)(=O)c2cc(Br)ccc2OC)C1.Cl. The van der Waals surface area contributed by atoms with E-state index in [-0.39, 0.29) is 17.3 Å². The number of nitrogens with one attached hydrogen (secondary N) is 1.